The Morgan fingerprint density at radius 2 is 1.58 bits per heavy atom. The van der Waals surface area contributed by atoms with Gasteiger partial charge in [0.25, 0.3) is 0 Å². The van der Waals surface area contributed by atoms with E-state index in [2.05, 4.69) is 59.1 Å². The normalized spacial score (nSPS) is 35.6. The molecule has 2 aliphatic rings. The Hall–Kier alpha value is -0.280. The largest absolute Gasteiger partial charge is 0.870 e. The monoisotopic (exact) mass is 301 g/mol. The van der Waals surface area contributed by atoms with E-state index in [0.717, 1.165) is 4.48 Å². The van der Waals surface area contributed by atoms with Crippen LogP contribution in [0.25, 0.3) is 0 Å². The van der Waals surface area contributed by atoms with Gasteiger partial charge >= 0.3 is 0 Å². The predicted molar refractivity (Wildman–Crippen MR) is 81.4 cm³/mol. The van der Waals surface area contributed by atoms with E-state index in [9.17, 15) is 0 Å². The van der Waals surface area contributed by atoms with Crippen molar-refractivity contribution in [2.75, 3.05) is 14.1 Å². The van der Waals surface area contributed by atoms with Crippen LogP contribution in [0.5, 0.6) is 0 Å². The topological polar surface area (TPSA) is 30.0 Å². The molecule has 1 N–H and O–H groups in total. The zero-order valence-corrected chi connectivity index (χ0v) is 13.5. The molecule has 4 heteroatoms. The summed E-state index contributed by atoms with van der Waals surface area (Å²) in [5.74, 6) is 0.283. The standard InChI is InChI=1S/C15H20Cl2N.H2O/c1-13(2)12-14(3,15(12,16)17)10-8-6-7-9-11(10)18(13,4)5;/h6-9,12H,1-5H3;1H2/q+1;/p-1. The van der Waals surface area contributed by atoms with E-state index in [0.29, 0.717) is 0 Å². The zero-order valence-electron chi connectivity index (χ0n) is 12.0. The molecule has 0 bridgehead atoms. The van der Waals surface area contributed by atoms with Crippen LogP contribution in [0.15, 0.2) is 24.3 Å². The summed E-state index contributed by atoms with van der Waals surface area (Å²) >= 11 is 13.3. The highest BCUT2D eigenvalue weighted by Crippen LogP contribution is 2.77. The third kappa shape index (κ3) is 1.36. The van der Waals surface area contributed by atoms with Crippen LogP contribution in [0, 0.1) is 5.92 Å². The van der Waals surface area contributed by atoms with Crippen LogP contribution in [0.4, 0.5) is 5.69 Å². The molecule has 0 aromatic heterocycles. The third-order valence-electron chi connectivity index (χ3n) is 5.76. The number of halogens is 2. The van der Waals surface area contributed by atoms with Crippen LogP contribution in [-0.2, 0) is 5.41 Å². The number of hydrogen-bond acceptors (Lipinski definition) is 1. The fourth-order valence-corrected chi connectivity index (χ4v) is 5.33. The van der Waals surface area contributed by atoms with Crippen LogP contribution in [0.3, 0.4) is 0 Å². The Balaban J connectivity index is 0.00000133. The third-order valence-corrected chi connectivity index (χ3v) is 6.98. The molecule has 0 saturated heterocycles. The molecule has 1 aliphatic carbocycles. The van der Waals surface area contributed by atoms with E-state index in [1.165, 1.54) is 11.3 Å². The van der Waals surface area contributed by atoms with Gasteiger partial charge in [-0.2, -0.15) is 0 Å². The molecule has 0 spiro atoms. The molecule has 3 rings (SSSR count). The minimum Gasteiger partial charge on any atom is -0.870 e. The number of nitrogens with zero attached hydrogens (tertiary/aromatic N) is 1. The number of hydrogen-bond donors (Lipinski definition) is 0. The number of benzene rings is 1. The molecule has 1 heterocycles. The maximum Gasteiger partial charge on any atom is 0.138 e. The lowest BCUT2D eigenvalue weighted by atomic mass is 9.78. The second kappa shape index (κ2) is 3.67. The molecule has 1 aliphatic heterocycles. The fraction of sp³-hybridized carbons (Fsp3) is 0.600. The molecule has 1 aromatic rings. The van der Waals surface area contributed by atoms with Crippen LogP contribution in [0.1, 0.15) is 26.3 Å². The first kappa shape index (κ1) is 15.1. The molecular formula is C15H21Cl2NO. The van der Waals surface area contributed by atoms with Gasteiger partial charge in [-0.3, -0.25) is 4.48 Å². The highest BCUT2D eigenvalue weighted by molar-refractivity contribution is 6.52. The van der Waals surface area contributed by atoms with Gasteiger partial charge in [-0.05, 0) is 19.9 Å². The summed E-state index contributed by atoms with van der Waals surface area (Å²) in [4.78, 5) is 0. The first-order chi connectivity index (χ1) is 8.09. The van der Waals surface area contributed by atoms with Crippen molar-refractivity contribution >= 4 is 28.9 Å². The van der Waals surface area contributed by atoms with E-state index in [-0.39, 0.29) is 22.3 Å². The molecule has 0 radical (unpaired) electrons. The number of para-hydroxylation sites is 1. The summed E-state index contributed by atoms with van der Waals surface area (Å²) in [6.45, 7) is 6.76. The van der Waals surface area contributed by atoms with Gasteiger partial charge in [0.15, 0.2) is 0 Å². The Labute approximate surface area is 125 Å². The molecule has 2 unspecified atom stereocenters. The number of rotatable bonds is 0. The van der Waals surface area contributed by atoms with Crippen molar-refractivity contribution in [3.8, 4) is 0 Å². The predicted octanol–water partition coefficient (Wildman–Crippen LogP) is 3.93. The van der Waals surface area contributed by atoms with Crippen molar-refractivity contribution in [1.82, 2.24) is 4.48 Å². The Kier molecular flexibility index (Phi) is 2.92. The number of fused-ring (bicyclic) bond motifs is 3. The van der Waals surface area contributed by atoms with Gasteiger partial charge in [-0.1, -0.05) is 25.1 Å². The summed E-state index contributed by atoms with van der Waals surface area (Å²) in [6, 6.07) is 8.58. The van der Waals surface area contributed by atoms with Gasteiger partial charge in [-0.25, -0.2) is 0 Å². The smallest absolute Gasteiger partial charge is 0.138 e. The van der Waals surface area contributed by atoms with Crippen molar-refractivity contribution in [1.29, 1.82) is 0 Å². The molecular weight excluding hydrogens is 281 g/mol. The van der Waals surface area contributed by atoms with Crippen molar-refractivity contribution in [2.24, 2.45) is 5.92 Å². The summed E-state index contributed by atoms with van der Waals surface area (Å²) in [5.41, 5.74) is 2.55. The molecule has 1 fully saturated rings. The lowest BCUT2D eigenvalue weighted by Crippen LogP contribution is -2.62. The van der Waals surface area contributed by atoms with Crippen molar-refractivity contribution in [2.45, 2.75) is 36.1 Å². The average Bonchev–Trinajstić information content (AvgIpc) is 2.73. The summed E-state index contributed by atoms with van der Waals surface area (Å²) in [5, 5.41) is 0. The summed E-state index contributed by atoms with van der Waals surface area (Å²) in [7, 11) is 4.50. The van der Waals surface area contributed by atoms with Crippen LogP contribution in [-0.4, -0.2) is 29.4 Å². The van der Waals surface area contributed by atoms with E-state index in [4.69, 9.17) is 23.2 Å². The Bertz CT molecular complexity index is 524. The minimum absolute atomic E-state index is 0. The first-order valence-corrected chi connectivity index (χ1v) is 7.17. The van der Waals surface area contributed by atoms with E-state index >= 15 is 0 Å². The van der Waals surface area contributed by atoms with Gasteiger partial charge in [-0.15, -0.1) is 23.2 Å². The lowest BCUT2D eigenvalue weighted by molar-refractivity contribution is 0.143. The first-order valence-electron chi connectivity index (χ1n) is 6.41. The maximum atomic E-state index is 6.65. The second-order valence-corrected chi connectivity index (χ2v) is 8.27. The maximum absolute atomic E-state index is 6.65. The van der Waals surface area contributed by atoms with E-state index in [1.807, 2.05) is 0 Å². The van der Waals surface area contributed by atoms with Crippen LogP contribution < -0.4 is 4.48 Å². The van der Waals surface area contributed by atoms with Crippen molar-refractivity contribution in [3.05, 3.63) is 29.8 Å². The van der Waals surface area contributed by atoms with Gasteiger partial charge in [0.05, 0.1) is 20.0 Å². The molecule has 1 aromatic carbocycles. The van der Waals surface area contributed by atoms with Gasteiger partial charge in [0.1, 0.15) is 15.6 Å². The number of quaternary nitrogens is 1. The molecule has 2 atom stereocenters. The van der Waals surface area contributed by atoms with Gasteiger partial charge in [0.2, 0.25) is 0 Å². The SMILES string of the molecule is CC12c3ccccc3[N+](C)(C)C(C)(C)C1C2(Cl)Cl.[OH-]. The second-order valence-electron chi connectivity index (χ2n) is 6.88. The van der Waals surface area contributed by atoms with Gasteiger partial charge in [0, 0.05) is 11.0 Å². The van der Waals surface area contributed by atoms with Crippen molar-refractivity contribution in [3.63, 3.8) is 0 Å². The Morgan fingerprint density at radius 1 is 1.05 bits per heavy atom. The van der Waals surface area contributed by atoms with Crippen molar-refractivity contribution < 1.29 is 5.48 Å². The summed E-state index contributed by atoms with van der Waals surface area (Å²) < 4.78 is 0.170. The van der Waals surface area contributed by atoms with Crippen LogP contribution in [0.2, 0.25) is 0 Å². The van der Waals surface area contributed by atoms with Gasteiger partial charge < -0.3 is 5.48 Å². The lowest BCUT2D eigenvalue weighted by Gasteiger charge is -2.49. The van der Waals surface area contributed by atoms with E-state index in [1.54, 1.807) is 0 Å². The number of alkyl halides is 2. The molecule has 19 heavy (non-hydrogen) atoms. The zero-order chi connectivity index (χ0) is 13.6. The minimum atomic E-state index is -0.654. The fourth-order valence-electron chi connectivity index (χ4n) is 4.05. The molecule has 2 nitrogen and oxygen atoms in total. The van der Waals surface area contributed by atoms with E-state index < -0.39 is 4.33 Å². The summed E-state index contributed by atoms with van der Waals surface area (Å²) in [6.07, 6.45) is 0. The quantitative estimate of drug-likeness (QED) is 0.527. The highest BCUT2D eigenvalue weighted by atomic mass is 35.5. The van der Waals surface area contributed by atoms with Crippen LogP contribution >= 0.6 is 23.2 Å². The molecule has 106 valence electrons. The Morgan fingerprint density at radius 3 is 2.16 bits per heavy atom. The molecule has 0 amide bonds. The average molecular weight is 302 g/mol. The molecule has 1 saturated carbocycles. The highest BCUT2D eigenvalue weighted by Gasteiger charge is 2.84.